The quantitative estimate of drug-likeness (QED) is 0.588. The molecule has 0 amide bonds. The van der Waals surface area contributed by atoms with Crippen molar-refractivity contribution in [2.24, 2.45) is 5.73 Å². The summed E-state index contributed by atoms with van der Waals surface area (Å²) in [7, 11) is 0. The van der Waals surface area contributed by atoms with Crippen LogP contribution < -0.4 is 5.73 Å². The Balaban J connectivity index is 2.89. The molecule has 1 aromatic rings. The molecule has 0 fully saturated rings. The zero-order valence-corrected chi connectivity index (χ0v) is 8.66. The van der Waals surface area contributed by atoms with Crippen LogP contribution in [0.15, 0.2) is 24.3 Å². The molecule has 86 valence electrons. The van der Waals surface area contributed by atoms with Gasteiger partial charge in [-0.25, -0.2) is 0 Å². The fourth-order valence-electron chi connectivity index (χ4n) is 1.32. The molecule has 0 aliphatic heterocycles. The summed E-state index contributed by atoms with van der Waals surface area (Å²) in [4.78, 5) is 20.6. The Morgan fingerprint density at radius 2 is 1.94 bits per heavy atom. The van der Waals surface area contributed by atoms with Gasteiger partial charge in [-0.1, -0.05) is 19.1 Å². The third kappa shape index (κ3) is 2.54. The number of nitrogens with zero attached hydrogens (tertiary/aromatic N) is 1. The minimum atomic E-state index is -1.09. The van der Waals surface area contributed by atoms with Gasteiger partial charge in [0.05, 0.1) is 4.92 Å². The van der Waals surface area contributed by atoms with Gasteiger partial charge in [-0.2, -0.15) is 0 Å². The number of benzene rings is 1. The van der Waals surface area contributed by atoms with Crippen LogP contribution >= 0.6 is 0 Å². The van der Waals surface area contributed by atoms with Crippen LogP contribution in [-0.4, -0.2) is 22.0 Å². The van der Waals surface area contributed by atoms with E-state index in [1.54, 1.807) is 6.92 Å². The van der Waals surface area contributed by atoms with Crippen molar-refractivity contribution in [1.29, 1.82) is 0 Å². The molecular formula is C10H12N2O4. The number of nitro benzene ring substituents is 1. The molecule has 0 aromatic heterocycles. The zero-order valence-electron chi connectivity index (χ0n) is 8.66. The van der Waals surface area contributed by atoms with Crippen LogP contribution in [0, 0.1) is 10.1 Å². The van der Waals surface area contributed by atoms with Gasteiger partial charge >= 0.3 is 5.97 Å². The van der Waals surface area contributed by atoms with Crippen LogP contribution in [0.5, 0.6) is 0 Å². The maximum Gasteiger partial charge on any atom is 0.321 e. The minimum absolute atomic E-state index is 0.0279. The molecular weight excluding hydrogens is 212 g/mol. The van der Waals surface area contributed by atoms with Gasteiger partial charge in [-0.05, 0) is 5.56 Å². The molecule has 6 nitrogen and oxygen atoms in total. The molecule has 1 rings (SSSR count). The van der Waals surface area contributed by atoms with Gasteiger partial charge in [0.25, 0.3) is 5.69 Å². The number of carbonyl (C=O) groups is 1. The van der Waals surface area contributed by atoms with E-state index in [2.05, 4.69) is 0 Å². The summed E-state index contributed by atoms with van der Waals surface area (Å²) >= 11 is 0. The molecule has 0 saturated heterocycles. The minimum Gasteiger partial charge on any atom is -0.480 e. The van der Waals surface area contributed by atoms with Crippen molar-refractivity contribution in [3.05, 3.63) is 39.9 Å². The van der Waals surface area contributed by atoms with Crippen molar-refractivity contribution >= 4 is 11.7 Å². The smallest absolute Gasteiger partial charge is 0.321 e. The summed E-state index contributed by atoms with van der Waals surface area (Å²) in [6.07, 6.45) is 0. The Hall–Kier alpha value is -1.95. The molecule has 0 radical (unpaired) electrons. The Morgan fingerprint density at radius 1 is 1.44 bits per heavy atom. The Morgan fingerprint density at radius 3 is 2.31 bits per heavy atom. The summed E-state index contributed by atoms with van der Waals surface area (Å²) in [6, 6.07) is 4.69. The average Bonchev–Trinajstić information content (AvgIpc) is 2.27. The van der Waals surface area contributed by atoms with Gasteiger partial charge in [-0.15, -0.1) is 0 Å². The molecule has 0 aliphatic carbocycles. The second kappa shape index (κ2) is 4.71. The monoisotopic (exact) mass is 224 g/mol. The standard InChI is InChI=1S/C10H12N2O4/c1-6(9(11)10(13)14)7-2-4-8(5-3-7)12(15)16/h2-6,9H,11H2,1H3,(H,13,14)/t6?,9-/m0/s1. The topological polar surface area (TPSA) is 106 Å². The fraction of sp³-hybridized carbons (Fsp3) is 0.300. The molecule has 2 atom stereocenters. The number of carboxylic acids is 1. The predicted octanol–water partition coefficient (Wildman–Crippen LogP) is 1.11. The van der Waals surface area contributed by atoms with Crippen molar-refractivity contribution < 1.29 is 14.8 Å². The van der Waals surface area contributed by atoms with E-state index in [1.807, 2.05) is 0 Å². The number of non-ortho nitro benzene ring substituents is 1. The van der Waals surface area contributed by atoms with Crippen molar-refractivity contribution in [2.45, 2.75) is 18.9 Å². The van der Waals surface area contributed by atoms with Gasteiger partial charge in [-0.3, -0.25) is 14.9 Å². The first-order valence-corrected chi connectivity index (χ1v) is 4.66. The lowest BCUT2D eigenvalue weighted by molar-refractivity contribution is -0.384. The zero-order chi connectivity index (χ0) is 12.3. The van der Waals surface area contributed by atoms with E-state index in [-0.39, 0.29) is 5.69 Å². The first kappa shape index (κ1) is 12.1. The second-order valence-electron chi connectivity index (χ2n) is 3.50. The third-order valence-electron chi connectivity index (χ3n) is 2.45. The lowest BCUT2D eigenvalue weighted by atomic mass is 9.94. The molecule has 6 heteroatoms. The normalized spacial score (nSPS) is 14.1. The van der Waals surface area contributed by atoms with E-state index < -0.39 is 22.9 Å². The molecule has 1 aromatic carbocycles. The van der Waals surface area contributed by atoms with Gasteiger partial charge in [0.15, 0.2) is 0 Å². The van der Waals surface area contributed by atoms with Crippen LogP contribution in [0.25, 0.3) is 0 Å². The number of aliphatic carboxylic acids is 1. The number of nitrogens with two attached hydrogens (primary N) is 1. The van der Waals surface area contributed by atoms with E-state index in [9.17, 15) is 14.9 Å². The highest BCUT2D eigenvalue weighted by molar-refractivity contribution is 5.74. The van der Waals surface area contributed by atoms with Gasteiger partial charge in [0.1, 0.15) is 6.04 Å². The highest BCUT2D eigenvalue weighted by Gasteiger charge is 2.21. The van der Waals surface area contributed by atoms with Crippen LogP contribution in [0.3, 0.4) is 0 Å². The molecule has 0 bridgehead atoms. The average molecular weight is 224 g/mol. The van der Waals surface area contributed by atoms with Crippen molar-refractivity contribution in [1.82, 2.24) is 0 Å². The summed E-state index contributed by atoms with van der Waals surface area (Å²) in [5.41, 5.74) is 6.10. The van der Waals surface area contributed by atoms with E-state index in [0.717, 1.165) is 0 Å². The third-order valence-corrected chi connectivity index (χ3v) is 2.45. The molecule has 0 heterocycles. The fourth-order valence-corrected chi connectivity index (χ4v) is 1.32. The van der Waals surface area contributed by atoms with Gasteiger partial charge < -0.3 is 10.8 Å². The van der Waals surface area contributed by atoms with E-state index >= 15 is 0 Å². The second-order valence-corrected chi connectivity index (χ2v) is 3.50. The van der Waals surface area contributed by atoms with Crippen LogP contribution in [0.4, 0.5) is 5.69 Å². The SMILES string of the molecule is CC(c1ccc([N+](=O)[O-])cc1)[C@H](N)C(=O)O. The number of hydrogen-bond acceptors (Lipinski definition) is 4. The Labute approximate surface area is 91.8 Å². The van der Waals surface area contributed by atoms with Crippen LogP contribution in [0.1, 0.15) is 18.4 Å². The maximum absolute atomic E-state index is 10.7. The molecule has 0 saturated carbocycles. The van der Waals surface area contributed by atoms with Gasteiger partial charge in [0.2, 0.25) is 0 Å². The number of nitro groups is 1. The number of hydrogen-bond donors (Lipinski definition) is 2. The first-order chi connectivity index (χ1) is 7.43. The molecule has 0 spiro atoms. The van der Waals surface area contributed by atoms with Crippen molar-refractivity contribution in [3.8, 4) is 0 Å². The molecule has 1 unspecified atom stereocenters. The lowest BCUT2D eigenvalue weighted by Gasteiger charge is -2.15. The molecule has 16 heavy (non-hydrogen) atoms. The lowest BCUT2D eigenvalue weighted by Crippen LogP contribution is -2.35. The van der Waals surface area contributed by atoms with E-state index in [0.29, 0.717) is 5.56 Å². The largest absolute Gasteiger partial charge is 0.480 e. The molecule has 3 N–H and O–H groups in total. The number of carboxylic acid groups (broad SMARTS) is 1. The highest BCUT2D eigenvalue weighted by Crippen LogP contribution is 2.21. The first-order valence-electron chi connectivity index (χ1n) is 4.66. The van der Waals surface area contributed by atoms with Crippen LogP contribution in [-0.2, 0) is 4.79 Å². The maximum atomic E-state index is 10.7. The van der Waals surface area contributed by atoms with Crippen molar-refractivity contribution in [3.63, 3.8) is 0 Å². The summed E-state index contributed by atoms with van der Waals surface area (Å²) in [5, 5.41) is 19.1. The Kier molecular flexibility index (Phi) is 3.57. The predicted molar refractivity (Wildman–Crippen MR) is 57.1 cm³/mol. The van der Waals surface area contributed by atoms with Crippen molar-refractivity contribution in [2.75, 3.05) is 0 Å². The highest BCUT2D eigenvalue weighted by atomic mass is 16.6. The molecule has 0 aliphatic rings. The van der Waals surface area contributed by atoms with Gasteiger partial charge in [0, 0.05) is 18.1 Å². The summed E-state index contributed by atoms with van der Waals surface area (Å²) in [6.45, 7) is 1.67. The van der Waals surface area contributed by atoms with Crippen LogP contribution in [0.2, 0.25) is 0 Å². The van der Waals surface area contributed by atoms with E-state index in [4.69, 9.17) is 10.8 Å². The Bertz CT molecular complexity index is 402. The number of rotatable bonds is 4. The summed E-state index contributed by atoms with van der Waals surface area (Å²) < 4.78 is 0. The van der Waals surface area contributed by atoms with E-state index in [1.165, 1.54) is 24.3 Å². The summed E-state index contributed by atoms with van der Waals surface area (Å²) in [5.74, 6) is -1.48.